The standard InChI is InChI=1S/C24H17BrClNO4/c1-29-23-12-16(11-18(14-27)17-6-8-20(26)9-7-17)5-10-22(23)31-24(28)15-30-21-4-2-3-19(25)13-21/h2-13H,15H2,1H3/b18-11+. The molecule has 5 nitrogen and oxygen atoms in total. The van der Waals surface area contributed by atoms with Crippen LogP contribution in [-0.2, 0) is 4.79 Å². The van der Waals surface area contributed by atoms with E-state index in [1.54, 1.807) is 66.7 Å². The monoisotopic (exact) mass is 497 g/mol. The first kappa shape index (κ1) is 22.4. The van der Waals surface area contributed by atoms with Crippen molar-refractivity contribution in [3.8, 4) is 23.3 Å². The number of carbonyl (C=O) groups is 1. The SMILES string of the molecule is COc1cc(/C=C(\C#N)c2ccc(Cl)cc2)ccc1OC(=O)COc1cccc(Br)c1. The number of carbonyl (C=O) groups excluding carboxylic acids is 1. The Bertz CT molecular complexity index is 1150. The van der Waals surface area contributed by atoms with E-state index in [1.165, 1.54) is 7.11 Å². The number of methoxy groups -OCH3 is 1. The summed E-state index contributed by atoms with van der Waals surface area (Å²) in [5, 5.41) is 10.1. The van der Waals surface area contributed by atoms with Crippen LogP contribution in [-0.4, -0.2) is 19.7 Å². The van der Waals surface area contributed by atoms with Crippen molar-refractivity contribution in [2.24, 2.45) is 0 Å². The van der Waals surface area contributed by atoms with Crippen molar-refractivity contribution in [3.05, 3.63) is 87.4 Å². The smallest absolute Gasteiger partial charge is 0.349 e. The van der Waals surface area contributed by atoms with Crippen molar-refractivity contribution >= 4 is 45.1 Å². The lowest BCUT2D eigenvalue weighted by atomic mass is 10.0. The summed E-state index contributed by atoms with van der Waals surface area (Å²) in [6, 6.07) is 21.4. The summed E-state index contributed by atoms with van der Waals surface area (Å²) in [5.41, 5.74) is 1.92. The molecule has 156 valence electrons. The van der Waals surface area contributed by atoms with Crippen molar-refractivity contribution in [3.63, 3.8) is 0 Å². The van der Waals surface area contributed by atoms with Gasteiger partial charge in [-0.2, -0.15) is 5.26 Å². The second-order valence-corrected chi connectivity index (χ2v) is 7.66. The van der Waals surface area contributed by atoms with Crippen LogP contribution < -0.4 is 14.2 Å². The number of nitrogens with zero attached hydrogens (tertiary/aromatic N) is 1. The molecule has 0 saturated carbocycles. The summed E-state index contributed by atoms with van der Waals surface area (Å²) in [7, 11) is 1.47. The number of esters is 1. The van der Waals surface area contributed by atoms with E-state index < -0.39 is 5.97 Å². The van der Waals surface area contributed by atoms with Crippen LogP contribution in [0.2, 0.25) is 5.02 Å². The Morgan fingerprint density at radius 3 is 2.55 bits per heavy atom. The van der Waals surface area contributed by atoms with Gasteiger partial charge in [-0.1, -0.05) is 51.8 Å². The lowest BCUT2D eigenvalue weighted by Gasteiger charge is -2.11. The molecule has 0 aromatic heterocycles. The Kier molecular flexibility index (Phi) is 7.71. The van der Waals surface area contributed by atoms with Gasteiger partial charge < -0.3 is 14.2 Å². The van der Waals surface area contributed by atoms with Crippen LogP contribution >= 0.6 is 27.5 Å². The Labute approximate surface area is 193 Å². The molecular formula is C24H17BrClNO4. The number of rotatable bonds is 7. The van der Waals surface area contributed by atoms with Crippen LogP contribution in [0.5, 0.6) is 17.2 Å². The van der Waals surface area contributed by atoms with Crippen molar-refractivity contribution in [2.75, 3.05) is 13.7 Å². The van der Waals surface area contributed by atoms with Crippen molar-refractivity contribution in [2.45, 2.75) is 0 Å². The second kappa shape index (κ2) is 10.7. The summed E-state index contributed by atoms with van der Waals surface area (Å²) in [6.07, 6.45) is 1.72. The molecule has 0 spiro atoms. The van der Waals surface area contributed by atoms with Crippen LogP contribution in [0.1, 0.15) is 11.1 Å². The number of halogens is 2. The number of hydrogen-bond donors (Lipinski definition) is 0. The van der Waals surface area contributed by atoms with Gasteiger partial charge in [0.05, 0.1) is 18.8 Å². The fourth-order valence-corrected chi connectivity index (χ4v) is 3.19. The molecule has 0 bridgehead atoms. The van der Waals surface area contributed by atoms with Crippen LogP contribution in [0.4, 0.5) is 0 Å². The Balaban J connectivity index is 1.72. The van der Waals surface area contributed by atoms with Crippen LogP contribution in [0.3, 0.4) is 0 Å². The van der Waals surface area contributed by atoms with E-state index in [9.17, 15) is 10.1 Å². The molecule has 0 atom stereocenters. The molecule has 0 radical (unpaired) electrons. The van der Waals surface area contributed by atoms with E-state index in [4.69, 9.17) is 25.8 Å². The zero-order valence-electron chi connectivity index (χ0n) is 16.5. The first-order valence-corrected chi connectivity index (χ1v) is 10.3. The minimum atomic E-state index is -0.569. The average molecular weight is 499 g/mol. The summed E-state index contributed by atoms with van der Waals surface area (Å²) in [4.78, 5) is 12.2. The minimum absolute atomic E-state index is 0.254. The Hall–Kier alpha value is -3.27. The number of ether oxygens (including phenoxy) is 3. The van der Waals surface area contributed by atoms with E-state index in [2.05, 4.69) is 22.0 Å². The number of hydrogen-bond acceptors (Lipinski definition) is 5. The molecule has 3 rings (SSSR count). The highest BCUT2D eigenvalue weighted by Crippen LogP contribution is 2.30. The maximum Gasteiger partial charge on any atom is 0.349 e. The molecule has 7 heteroatoms. The summed E-state index contributed by atoms with van der Waals surface area (Å²) >= 11 is 9.26. The highest BCUT2D eigenvalue weighted by molar-refractivity contribution is 9.10. The fourth-order valence-electron chi connectivity index (χ4n) is 2.69. The molecule has 0 unspecified atom stereocenters. The largest absolute Gasteiger partial charge is 0.493 e. The van der Waals surface area contributed by atoms with Gasteiger partial charge in [0.2, 0.25) is 0 Å². The molecule has 0 aliphatic heterocycles. The first-order valence-electron chi connectivity index (χ1n) is 9.13. The van der Waals surface area contributed by atoms with Crippen LogP contribution in [0, 0.1) is 11.3 Å². The minimum Gasteiger partial charge on any atom is -0.493 e. The predicted octanol–water partition coefficient (Wildman–Crippen LogP) is 6.16. The van der Waals surface area contributed by atoms with E-state index in [-0.39, 0.29) is 12.4 Å². The molecule has 0 saturated heterocycles. The van der Waals surface area contributed by atoms with Gasteiger partial charge in [-0.25, -0.2) is 4.79 Å². The molecular weight excluding hydrogens is 482 g/mol. The maximum atomic E-state index is 12.2. The molecule has 0 N–H and O–H groups in total. The maximum absolute atomic E-state index is 12.2. The number of nitriles is 1. The van der Waals surface area contributed by atoms with Gasteiger partial charge in [0.1, 0.15) is 5.75 Å². The summed E-state index contributed by atoms with van der Waals surface area (Å²) in [5.74, 6) is 0.593. The topological polar surface area (TPSA) is 68.5 Å². The first-order chi connectivity index (χ1) is 15.0. The lowest BCUT2D eigenvalue weighted by molar-refractivity contribution is -0.136. The normalized spacial score (nSPS) is 10.8. The summed E-state index contributed by atoms with van der Waals surface area (Å²) in [6.45, 7) is -0.254. The predicted molar refractivity (Wildman–Crippen MR) is 123 cm³/mol. The van der Waals surface area contributed by atoms with Crippen molar-refractivity contribution in [1.82, 2.24) is 0 Å². The molecule has 0 aliphatic carbocycles. The molecule has 3 aromatic carbocycles. The molecule has 3 aromatic rings. The third kappa shape index (κ3) is 6.35. The number of benzene rings is 3. The van der Waals surface area contributed by atoms with E-state index >= 15 is 0 Å². The lowest BCUT2D eigenvalue weighted by Crippen LogP contribution is -2.18. The van der Waals surface area contributed by atoms with Crippen LogP contribution in [0.25, 0.3) is 11.6 Å². The Morgan fingerprint density at radius 2 is 1.87 bits per heavy atom. The van der Waals surface area contributed by atoms with E-state index in [1.807, 2.05) is 6.07 Å². The van der Waals surface area contributed by atoms with E-state index in [0.717, 1.165) is 10.0 Å². The van der Waals surface area contributed by atoms with Gasteiger partial charge in [-0.15, -0.1) is 0 Å². The highest BCUT2D eigenvalue weighted by Gasteiger charge is 2.12. The zero-order chi connectivity index (χ0) is 22.2. The number of allylic oxidation sites excluding steroid dienone is 1. The molecule has 31 heavy (non-hydrogen) atoms. The van der Waals surface area contributed by atoms with Gasteiger partial charge in [-0.3, -0.25) is 0 Å². The zero-order valence-corrected chi connectivity index (χ0v) is 18.8. The van der Waals surface area contributed by atoms with E-state index in [0.29, 0.717) is 27.7 Å². The van der Waals surface area contributed by atoms with Gasteiger partial charge in [-0.05, 0) is 59.7 Å². The second-order valence-electron chi connectivity index (χ2n) is 6.31. The highest BCUT2D eigenvalue weighted by atomic mass is 79.9. The molecule has 0 amide bonds. The van der Waals surface area contributed by atoms with Crippen LogP contribution in [0.15, 0.2) is 71.2 Å². The average Bonchev–Trinajstić information content (AvgIpc) is 2.77. The molecule has 0 fully saturated rings. The third-order valence-corrected chi connectivity index (χ3v) is 4.90. The van der Waals surface area contributed by atoms with Gasteiger partial charge in [0.25, 0.3) is 0 Å². The van der Waals surface area contributed by atoms with Gasteiger partial charge >= 0.3 is 5.97 Å². The molecule has 0 aliphatic rings. The van der Waals surface area contributed by atoms with Crippen molar-refractivity contribution in [1.29, 1.82) is 5.26 Å². The third-order valence-electron chi connectivity index (χ3n) is 4.15. The van der Waals surface area contributed by atoms with Crippen molar-refractivity contribution < 1.29 is 19.0 Å². The summed E-state index contributed by atoms with van der Waals surface area (Å²) < 4.78 is 17.0. The quantitative estimate of drug-likeness (QED) is 0.169. The fraction of sp³-hybridized carbons (Fsp3) is 0.0833. The van der Waals surface area contributed by atoms with Gasteiger partial charge in [0, 0.05) is 9.50 Å². The Morgan fingerprint density at radius 1 is 1.10 bits per heavy atom. The van der Waals surface area contributed by atoms with Gasteiger partial charge in [0.15, 0.2) is 18.1 Å². The molecule has 0 heterocycles.